The van der Waals surface area contributed by atoms with Crippen LogP contribution in [0.2, 0.25) is 0 Å². The van der Waals surface area contributed by atoms with E-state index in [0.29, 0.717) is 29.6 Å². The van der Waals surface area contributed by atoms with Crippen LogP contribution in [0.5, 0.6) is 0 Å². The van der Waals surface area contributed by atoms with Gasteiger partial charge in [-0.1, -0.05) is 96.8 Å². The summed E-state index contributed by atoms with van der Waals surface area (Å²) in [7, 11) is 0. The second-order valence-electron chi connectivity index (χ2n) is 18.6. The number of fused-ring (bicyclic) bond motifs is 6. The van der Waals surface area contributed by atoms with Gasteiger partial charge in [-0.05, 0) is 129 Å². The molecule has 2 N–H and O–H groups in total. The maximum absolute atomic E-state index is 14.0. The lowest BCUT2D eigenvalue weighted by Gasteiger charge is -2.60. The molecule has 10 atom stereocenters. The number of hydrogen-bond donors (Lipinski definition) is 2. The first kappa shape index (κ1) is 36.1. The molecule has 48 heavy (non-hydrogen) atoms. The fourth-order valence-electron chi connectivity index (χ4n) is 12.6. The van der Waals surface area contributed by atoms with Crippen LogP contribution < -0.4 is 0 Å². The van der Waals surface area contributed by atoms with E-state index >= 15 is 0 Å². The largest absolute Gasteiger partial charge is 0.463 e. The Labute approximate surface area is 291 Å². The molecule has 0 spiro atoms. The van der Waals surface area contributed by atoms with Crippen molar-refractivity contribution in [3.05, 3.63) is 46.6 Å². The summed E-state index contributed by atoms with van der Waals surface area (Å²) in [6.45, 7) is 18.4. The smallest absolute Gasteiger partial charge is 0.312 e. The molecule has 268 valence electrons. The fraction of sp³-hybridized carbons (Fsp3) is 0.791. The maximum atomic E-state index is 14.0. The summed E-state index contributed by atoms with van der Waals surface area (Å²) >= 11 is 0. The molecule has 0 heterocycles. The molecule has 6 aliphatic rings. The molecule has 0 bridgehead atoms. The minimum Gasteiger partial charge on any atom is -0.463 e. The van der Waals surface area contributed by atoms with Crippen molar-refractivity contribution in [3.63, 3.8) is 0 Å². The zero-order valence-corrected chi connectivity index (χ0v) is 31.4. The summed E-state index contributed by atoms with van der Waals surface area (Å²) in [6.07, 6.45) is 21.4. The number of ether oxygens (including phenoxy) is 1. The first-order valence-corrected chi connectivity index (χ1v) is 19.6. The Morgan fingerprint density at radius 3 is 1.88 bits per heavy atom. The van der Waals surface area contributed by atoms with Gasteiger partial charge >= 0.3 is 5.97 Å². The molecule has 0 saturated heterocycles. The monoisotopic (exact) mass is 662 g/mol. The summed E-state index contributed by atoms with van der Waals surface area (Å²) in [6, 6.07) is 0. The quantitative estimate of drug-likeness (QED) is 0.146. The van der Waals surface area contributed by atoms with Gasteiger partial charge in [0, 0.05) is 11.8 Å². The molecule has 0 aromatic rings. The Morgan fingerprint density at radius 2 is 1.33 bits per heavy atom. The van der Waals surface area contributed by atoms with E-state index in [0.717, 1.165) is 70.6 Å². The highest BCUT2D eigenvalue weighted by Crippen LogP contribution is 2.65. The second-order valence-corrected chi connectivity index (χ2v) is 18.6. The molecule has 5 heteroatoms. The Morgan fingerprint density at radius 1 is 0.812 bits per heavy atom. The SMILES string of the molecule is CC(C)C1=CCC2C(=C1)CCC1C(C)(C(=O)OCC(O)CC(OO)C3(C)CCCC4(C)C5CC=C(C(C)C)C=C5CCC34)CCCC21C. The molecule has 4 saturated carbocycles. The Hall–Kier alpha value is -1.69. The summed E-state index contributed by atoms with van der Waals surface area (Å²) < 4.78 is 6.05. The van der Waals surface area contributed by atoms with Crippen molar-refractivity contribution in [2.75, 3.05) is 6.61 Å². The van der Waals surface area contributed by atoms with E-state index in [4.69, 9.17) is 9.62 Å². The van der Waals surface area contributed by atoms with E-state index in [1.165, 1.54) is 17.6 Å². The summed E-state index contributed by atoms with van der Waals surface area (Å²) in [4.78, 5) is 19.3. The van der Waals surface area contributed by atoms with Crippen molar-refractivity contribution in [1.82, 2.24) is 0 Å². The number of aliphatic hydroxyl groups is 1. The van der Waals surface area contributed by atoms with E-state index in [-0.39, 0.29) is 41.2 Å². The van der Waals surface area contributed by atoms with Gasteiger partial charge < -0.3 is 9.84 Å². The van der Waals surface area contributed by atoms with Crippen LogP contribution in [0.4, 0.5) is 0 Å². The van der Waals surface area contributed by atoms with E-state index < -0.39 is 17.6 Å². The summed E-state index contributed by atoms with van der Waals surface area (Å²) in [5.74, 6) is 2.61. The molecule has 0 amide bonds. The number of carbonyl (C=O) groups excluding carboxylic acids is 1. The van der Waals surface area contributed by atoms with Crippen LogP contribution in [0.15, 0.2) is 46.6 Å². The van der Waals surface area contributed by atoms with Crippen LogP contribution in [-0.4, -0.2) is 35.1 Å². The maximum Gasteiger partial charge on any atom is 0.312 e. The Balaban J connectivity index is 1.11. The third-order valence-corrected chi connectivity index (χ3v) is 15.4. The molecule has 10 unspecified atom stereocenters. The zero-order valence-electron chi connectivity index (χ0n) is 31.4. The number of carbonyl (C=O) groups is 1. The minimum atomic E-state index is -0.890. The van der Waals surface area contributed by atoms with Crippen molar-refractivity contribution in [2.45, 2.75) is 151 Å². The minimum absolute atomic E-state index is 0.0525. The highest BCUT2D eigenvalue weighted by atomic mass is 17.1. The molecule has 0 aromatic carbocycles. The Bertz CT molecular complexity index is 1350. The van der Waals surface area contributed by atoms with Gasteiger partial charge in [-0.2, -0.15) is 0 Å². The predicted molar refractivity (Wildman–Crippen MR) is 193 cm³/mol. The summed E-state index contributed by atoms with van der Waals surface area (Å²) in [5.41, 5.74) is 5.51. The number of esters is 1. The van der Waals surface area contributed by atoms with Gasteiger partial charge in [0.15, 0.2) is 0 Å². The van der Waals surface area contributed by atoms with Crippen LogP contribution >= 0.6 is 0 Å². The van der Waals surface area contributed by atoms with Gasteiger partial charge in [-0.15, -0.1) is 0 Å². The fourth-order valence-corrected chi connectivity index (χ4v) is 12.6. The molecule has 5 nitrogen and oxygen atoms in total. The van der Waals surface area contributed by atoms with Gasteiger partial charge in [0.1, 0.15) is 12.7 Å². The van der Waals surface area contributed by atoms with Crippen molar-refractivity contribution < 1.29 is 24.8 Å². The lowest BCUT2D eigenvalue weighted by atomic mass is 9.45. The third-order valence-electron chi connectivity index (χ3n) is 15.4. The summed E-state index contributed by atoms with van der Waals surface area (Å²) in [5, 5.41) is 21.7. The van der Waals surface area contributed by atoms with Gasteiger partial charge in [0.05, 0.1) is 11.5 Å². The number of allylic oxidation sites excluding steroid dienone is 8. The van der Waals surface area contributed by atoms with Crippen molar-refractivity contribution in [1.29, 1.82) is 0 Å². The van der Waals surface area contributed by atoms with E-state index in [9.17, 15) is 15.2 Å². The molecule has 0 radical (unpaired) electrons. The average Bonchev–Trinajstić information content (AvgIpc) is 3.05. The topological polar surface area (TPSA) is 76.0 Å². The molecule has 6 rings (SSSR count). The lowest BCUT2D eigenvalue weighted by Crippen LogP contribution is -2.56. The van der Waals surface area contributed by atoms with Crippen LogP contribution in [0, 0.1) is 57.2 Å². The molecular formula is C43H66O5. The van der Waals surface area contributed by atoms with E-state index in [2.05, 4.69) is 79.7 Å². The van der Waals surface area contributed by atoms with Crippen molar-refractivity contribution in [3.8, 4) is 0 Å². The normalized spacial score (nSPS) is 40.7. The van der Waals surface area contributed by atoms with Crippen LogP contribution in [-0.2, 0) is 14.4 Å². The Kier molecular flexibility index (Phi) is 10.1. The number of rotatable bonds is 9. The van der Waals surface area contributed by atoms with E-state index in [1.54, 1.807) is 11.1 Å². The van der Waals surface area contributed by atoms with Crippen molar-refractivity contribution in [2.24, 2.45) is 57.2 Å². The molecule has 6 aliphatic carbocycles. The van der Waals surface area contributed by atoms with Crippen LogP contribution in [0.1, 0.15) is 139 Å². The first-order chi connectivity index (χ1) is 22.7. The van der Waals surface area contributed by atoms with Gasteiger partial charge in [-0.25, -0.2) is 4.89 Å². The first-order valence-electron chi connectivity index (χ1n) is 19.6. The highest BCUT2D eigenvalue weighted by molar-refractivity contribution is 5.77. The molecular weight excluding hydrogens is 596 g/mol. The zero-order chi connectivity index (χ0) is 34.6. The highest BCUT2D eigenvalue weighted by Gasteiger charge is 2.60. The predicted octanol–water partition coefficient (Wildman–Crippen LogP) is 10.4. The van der Waals surface area contributed by atoms with Crippen molar-refractivity contribution >= 4 is 5.97 Å². The average molecular weight is 663 g/mol. The number of hydrogen-bond acceptors (Lipinski definition) is 5. The van der Waals surface area contributed by atoms with Gasteiger partial charge in [0.2, 0.25) is 0 Å². The lowest BCUT2D eigenvalue weighted by molar-refractivity contribution is -0.323. The third kappa shape index (κ3) is 6.04. The van der Waals surface area contributed by atoms with Gasteiger partial charge in [-0.3, -0.25) is 10.1 Å². The van der Waals surface area contributed by atoms with E-state index in [1.807, 2.05) is 0 Å². The second kappa shape index (κ2) is 13.5. The van der Waals surface area contributed by atoms with Crippen LogP contribution in [0.25, 0.3) is 0 Å². The number of aliphatic hydroxyl groups excluding tert-OH is 1. The molecule has 0 aliphatic heterocycles. The standard InChI is InChI=1S/C43H66O5/c1-27(2)29-11-15-34-31(23-29)13-17-36-40(34,5)19-9-21-42(36,7)38(48-46)25-33(44)26-47-39(45)43(8)22-10-20-41(6)35-16-12-30(28(3)4)24-32(35)14-18-37(41)43/h11-12,23-24,27-28,33-38,44,46H,9-10,13-22,25-26H2,1-8H3. The van der Waals surface area contributed by atoms with Crippen LogP contribution in [0.3, 0.4) is 0 Å². The molecule has 4 fully saturated rings. The van der Waals surface area contributed by atoms with Gasteiger partial charge in [0.25, 0.3) is 0 Å². The molecule has 0 aromatic heterocycles.